The van der Waals surface area contributed by atoms with Crippen molar-refractivity contribution in [3.05, 3.63) is 12.7 Å². The van der Waals surface area contributed by atoms with Gasteiger partial charge in [0.05, 0.1) is 26.7 Å². The molecule has 78 valence electrons. The molecule has 0 rings (SSSR count). The molecule has 13 heavy (non-hydrogen) atoms. The monoisotopic (exact) mass is 204 g/mol. The molecule has 0 fully saturated rings. The molecule has 0 heterocycles. The third-order valence-electron chi connectivity index (χ3n) is 3.18. The summed E-state index contributed by atoms with van der Waals surface area (Å²) in [6, 6.07) is 0.645. The van der Waals surface area contributed by atoms with E-state index >= 15 is 0 Å². The van der Waals surface area contributed by atoms with E-state index in [0.29, 0.717) is 17.8 Å². The minimum absolute atomic E-state index is 0.459. The molecule has 0 spiro atoms. The fourth-order valence-electron chi connectivity index (χ4n) is 1.26. The summed E-state index contributed by atoms with van der Waals surface area (Å²) in [6.07, 6.45) is 3.10. The second kappa shape index (κ2) is 5.66. The summed E-state index contributed by atoms with van der Waals surface area (Å²) in [5, 5.41) is 0. The van der Waals surface area contributed by atoms with Crippen LogP contribution in [0, 0.1) is 5.92 Å². The summed E-state index contributed by atoms with van der Waals surface area (Å²) in [5.41, 5.74) is 0. The van der Waals surface area contributed by atoms with Crippen molar-refractivity contribution in [2.75, 3.05) is 26.5 Å². The Morgan fingerprint density at radius 3 is 2.31 bits per heavy atom. The van der Waals surface area contributed by atoms with Crippen LogP contribution >= 0.6 is 11.6 Å². The van der Waals surface area contributed by atoms with Crippen LogP contribution in [0.1, 0.15) is 20.3 Å². The zero-order valence-corrected chi connectivity index (χ0v) is 10.1. The minimum Gasteiger partial charge on any atom is -0.326 e. The highest BCUT2D eigenvalue weighted by Gasteiger charge is 2.23. The molecule has 2 atom stereocenters. The Hall–Kier alpha value is -0.0100. The van der Waals surface area contributed by atoms with Crippen LogP contribution in [-0.4, -0.2) is 37.0 Å². The van der Waals surface area contributed by atoms with Crippen molar-refractivity contribution in [1.29, 1.82) is 0 Å². The van der Waals surface area contributed by atoms with E-state index in [-0.39, 0.29) is 0 Å². The van der Waals surface area contributed by atoms with E-state index < -0.39 is 0 Å². The van der Waals surface area contributed by atoms with E-state index in [0.717, 1.165) is 17.4 Å². The highest BCUT2D eigenvalue weighted by molar-refractivity contribution is 6.18. The Morgan fingerprint density at radius 1 is 1.46 bits per heavy atom. The highest BCUT2D eigenvalue weighted by atomic mass is 35.5. The third kappa shape index (κ3) is 4.15. The number of allylic oxidation sites excluding steroid dienone is 1. The Balaban J connectivity index is 4.11. The number of alkyl halides is 1. The molecule has 2 unspecified atom stereocenters. The van der Waals surface area contributed by atoms with Crippen LogP contribution in [0.15, 0.2) is 12.7 Å². The normalized spacial score (nSPS) is 16.7. The van der Waals surface area contributed by atoms with Gasteiger partial charge >= 0.3 is 0 Å². The van der Waals surface area contributed by atoms with E-state index in [1.165, 1.54) is 0 Å². The standard InChI is InChI=1S/C11H23ClN/c1-6-11(9-12)8-10(3)13(4,5)7-2/h6,10-11H,1,7-9H2,2-5H3/q+1. The topological polar surface area (TPSA) is 0 Å². The first-order valence-electron chi connectivity index (χ1n) is 4.99. The van der Waals surface area contributed by atoms with Crippen molar-refractivity contribution < 1.29 is 4.48 Å². The maximum Gasteiger partial charge on any atom is 0.0863 e. The summed E-state index contributed by atoms with van der Waals surface area (Å²) in [4.78, 5) is 0. The molecule has 0 radical (unpaired) electrons. The van der Waals surface area contributed by atoms with Gasteiger partial charge in [0.15, 0.2) is 0 Å². The van der Waals surface area contributed by atoms with Crippen LogP contribution < -0.4 is 0 Å². The van der Waals surface area contributed by atoms with Gasteiger partial charge in [0.25, 0.3) is 0 Å². The van der Waals surface area contributed by atoms with Gasteiger partial charge in [-0.3, -0.25) is 0 Å². The number of quaternary nitrogens is 1. The lowest BCUT2D eigenvalue weighted by Gasteiger charge is -2.36. The number of hydrogen-bond acceptors (Lipinski definition) is 0. The van der Waals surface area contributed by atoms with Crippen LogP contribution in [0.3, 0.4) is 0 Å². The quantitative estimate of drug-likeness (QED) is 0.355. The third-order valence-corrected chi connectivity index (χ3v) is 3.58. The molecule has 0 aromatic rings. The predicted molar refractivity (Wildman–Crippen MR) is 61.1 cm³/mol. The number of halogens is 1. The Kier molecular flexibility index (Phi) is 5.66. The van der Waals surface area contributed by atoms with Crippen molar-refractivity contribution in [3.8, 4) is 0 Å². The van der Waals surface area contributed by atoms with Gasteiger partial charge in [-0.1, -0.05) is 6.08 Å². The van der Waals surface area contributed by atoms with Gasteiger partial charge in [0.2, 0.25) is 0 Å². The molecule has 0 saturated carbocycles. The molecular weight excluding hydrogens is 182 g/mol. The number of nitrogens with zero attached hydrogens (tertiary/aromatic N) is 1. The van der Waals surface area contributed by atoms with Crippen molar-refractivity contribution in [3.63, 3.8) is 0 Å². The molecule has 0 aromatic carbocycles. The smallest absolute Gasteiger partial charge is 0.0863 e. The van der Waals surface area contributed by atoms with Crippen LogP contribution in [0.5, 0.6) is 0 Å². The number of hydrogen-bond donors (Lipinski definition) is 0. The zero-order valence-electron chi connectivity index (χ0n) is 9.39. The molecule has 0 N–H and O–H groups in total. The number of rotatable bonds is 6. The van der Waals surface area contributed by atoms with Crippen molar-refractivity contribution in [2.24, 2.45) is 5.92 Å². The highest BCUT2D eigenvalue weighted by Crippen LogP contribution is 2.17. The Bertz CT molecular complexity index is 154. The molecule has 0 aliphatic heterocycles. The van der Waals surface area contributed by atoms with E-state index in [1.54, 1.807) is 0 Å². The van der Waals surface area contributed by atoms with Gasteiger partial charge in [-0.15, -0.1) is 18.2 Å². The molecule has 0 bridgehead atoms. The molecule has 0 amide bonds. The first kappa shape index (κ1) is 13.0. The van der Waals surface area contributed by atoms with Crippen molar-refractivity contribution in [2.45, 2.75) is 26.3 Å². The van der Waals surface area contributed by atoms with Gasteiger partial charge in [-0.25, -0.2) is 0 Å². The average Bonchev–Trinajstić information content (AvgIpc) is 2.13. The lowest BCUT2D eigenvalue weighted by Crippen LogP contribution is -2.47. The summed E-state index contributed by atoms with van der Waals surface area (Å²) in [7, 11) is 4.53. The molecular formula is C11H23ClN+. The van der Waals surface area contributed by atoms with E-state index in [1.807, 2.05) is 6.08 Å². The summed E-state index contributed by atoms with van der Waals surface area (Å²) >= 11 is 5.83. The maximum absolute atomic E-state index is 5.83. The molecule has 0 aliphatic carbocycles. The van der Waals surface area contributed by atoms with Gasteiger partial charge in [-0.2, -0.15) is 0 Å². The summed E-state index contributed by atoms with van der Waals surface area (Å²) in [5.74, 6) is 1.15. The lowest BCUT2D eigenvalue weighted by atomic mass is 10.0. The Labute approximate surface area is 88.0 Å². The summed E-state index contributed by atoms with van der Waals surface area (Å²) < 4.78 is 1.06. The van der Waals surface area contributed by atoms with E-state index in [9.17, 15) is 0 Å². The summed E-state index contributed by atoms with van der Waals surface area (Å²) in [6.45, 7) is 9.47. The molecule has 0 saturated heterocycles. The van der Waals surface area contributed by atoms with Crippen LogP contribution in [0.2, 0.25) is 0 Å². The van der Waals surface area contributed by atoms with E-state index in [4.69, 9.17) is 11.6 Å². The first-order valence-corrected chi connectivity index (χ1v) is 5.52. The van der Waals surface area contributed by atoms with Crippen molar-refractivity contribution >= 4 is 11.6 Å². The van der Waals surface area contributed by atoms with Gasteiger partial charge < -0.3 is 4.48 Å². The zero-order chi connectivity index (χ0) is 10.5. The lowest BCUT2D eigenvalue weighted by molar-refractivity contribution is -0.912. The average molecular weight is 205 g/mol. The minimum atomic E-state index is 0.459. The van der Waals surface area contributed by atoms with Gasteiger partial charge in [-0.05, 0) is 19.8 Å². The largest absolute Gasteiger partial charge is 0.326 e. The van der Waals surface area contributed by atoms with E-state index in [2.05, 4.69) is 34.5 Å². The fourth-order valence-corrected chi connectivity index (χ4v) is 1.51. The van der Waals surface area contributed by atoms with Gasteiger partial charge in [0.1, 0.15) is 0 Å². The Morgan fingerprint density at radius 2 is 2.00 bits per heavy atom. The van der Waals surface area contributed by atoms with Crippen LogP contribution in [0.25, 0.3) is 0 Å². The second-order valence-corrected chi connectivity index (χ2v) is 4.64. The van der Waals surface area contributed by atoms with Crippen LogP contribution in [0.4, 0.5) is 0 Å². The van der Waals surface area contributed by atoms with Gasteiger partial charge in [0, 0.05) is 12.3 Å². The molecule has 0 aliphatic rings. The molecule has 0 aromatic heterocycles. The molecule has 1 nitrogen and oxygen atoms in total. The first-order chi connectivity index (χ1) is 5.97. The second-order valence-electron chi connectivity index (χ2n) is 4.33. The molecule has 2 heteroatoms. The van der Waals surface area contributed by atoms with Crippen molar-refractivity contribution in [1.82, 2.24) is 0 Å². The van der Waals surface area contributed by atoms with Crippen LogP contribution in [-0.2, 0) is 0 Å². The fraction of sp³-hybridized carbons (Fsp3) is 0.818. The maximum atomic E-state index is 5.83. The predicted octanol–water partition coefficient (Wildman–Crippen LogP) is 2.90. The SMILES string of the molecule is C=CC(CCl)CC(C)[N+](C)(C)CC.